The van der Waals surface area contributed by atoms with Crippen molar-refractivity contribution in [1.29, 1.82) is 0 Å². The van der Waals surface area contributed by atoms with Crippen LogP contribution in [-0.2, 0) is 5.41 Å². The SMILES string of the molecule is C=Cc1cccc(N(c2ccc([C@@H](CC)C(C)C)cc2)c2ccc(C(C)(CC)CC)cc2)c1. The smallest absolute Gasteiger partial charge is 0.0467 e. The van der Waals surface area contributed by atoms with Crippen molar-refractivity contribution in [1.82, 2.24) is 0 Å². The van der Waals surface area contributed by atoms with Gasteiger partial charge in [0, 0.05) is 17.1 Å². The Kier molecular flexibility index (Phi) is 8.19. The minimum absolute atomic E-state index is 0.222. The molecule has 0 saturated heterocycles. The lowest BCUT2D eigenvalue weighted by atomic mass is 9.78. The molecule has 0 spiro atoms. The fraction of sp³-hybridized carbons (Fsp3) is 0.375. The van der Waals surface area contributed by atoms with Crippen molar-refractivity contribution in [3.05, 3.63) is 96.1 Å². The van der Waals surface area contributed by atoms with Gasteiger partial charge in [0.1, 0.15) is 0 Å². The molecule has 174 valence electrons. The van der Waals surface area contributed by atoms with E-state index in [1.807, 2.05) is 6.08 Å². The van der Waals surface area contributed by atoms with E-state index < -0.39 is 0 Å². The summed E-state index contributed by atoms with van der Waals surface area (Å²) >= 11 is 0. The van der Waals surface area contributed by atoms with Gasteiger partial charge in [-0.05, 0) is 89.6 Å². The lowest BCUT2D eigenvalue weighted by molar-refractivity contribution is 0.439. The Labute approximate surface area is 202 Å². The highest BCUT2D eigenvalue weighted by molar-refractivity contribution is 5.78. The van der Waals surface area contributed by atoms with Crippen LogP contribution in [0.15, 0.2) is 79.4 Å². The summed E-state index contributed by atoms with van der Waals surface area (Å²) in [6.07, 6.45) is 5.36. The van der Waals surface area contributed by atoms with Crippen molar-refractivity contribution in [2.45, 2.75) is 72.1 Å². The Morgan fingerprint density at radius 2 is 1.39 bits per heavy atom. The van der Waals surface area contributed by atoms with Crippen LogP contribution in [0.25, 0.3) is 6.08 Å². The molecule has 0 radical (unpaired) electrons. The summed E-state index contributed by atoms with van der Waals surface area (Å²) in [4.78, 5) is 2.35. The zero-order chi connectivity index (χ0) is 24.0. The monoisotopic (exact) mass is 439 g/mol. The normalized spacial score (nSPS) is 12.6. The van der Waals surface area contributed by atoms with Crippen LogP contribution in [0, 0.1) is 5.92 Å². The molecule has 0 fully saturated rings. The molecule has 0 bridgehead atoms. The molecule has 3 rings (SSSR count). The van der Waals surface area contributed by atoms with Gasteiger partial charge in [-0.1, -0.05) is 90.6 Å². The van der Waals surface area contributed by atoms with Crippen LogP contribution in [0.3, 0.4) is 0 Å². The Hall–Kier alpha value is -2.80. The first-order chi connectivity index (χ1) is 15.9. The second-order valence-corrected chi connectivity index (χ2v) is 9.80. The van der Waals surface area contributed by atoms with Gasteiger partial charge in [0.2, 0.25) is 0 Å². The zero-order valence-corrected chi connectivity index (χ0v) is 21.4. The molecule has 0 N–H and O–H groups in total. The highest BCUT2D eigenvalue weighted by Crippen LogP contribution is 2.38. The molecule has 0 aliphatic carbocycles. The molecular weight excluding hydrogens is 398 g/mol. The summed E-state index contributed by atoms with van der Waals surface area (Å²) in [7, 11) is 0. The number of anilines is 3. The fourth-order valence-electron chi connectivity index (χ4n) is 4.87. The molecule has 0 aromatic heterocycles. The molecule has 3 aromatic rings. The summed E-state index contributed by atoms with van der Waals surface area (Å²) in [5, 5.41) is 0. The molecule has 0 aliphatic rings. The summed E-state index contributed by atoms with van der Waals surface area (Å²) < 4.78 is 0. The summed E-state index contributed by atoms with van der Waals surface area (Å²) in [6.45, 7) is 17.8. The van der Waals surface area contributed by atoms with Crippen molar-refractivity contribution in [2.24, 2.45) is 5.92 Å². The summed E-state index contributed by atoms with van der Waals surface area (Å²) in [5.74, 6) is 1.23. The average molecular weight is 440 g/mol. The van der Waals surface area contributed by atoms with E-state index in [4.69, 9.17) is 0 Å². The van der Waals surface area contributed by atoms with E-state index >= 15 is 0 Å². The second kappa shape index (κ2) is 10.9. The first kappa shape index (κ1) is 24.8. The van der Waals surface area contributed by atoms with Crippen molar-refractivity contribution in [2.75, 3.05) is 4.90 Å². The third-order valence-corrected chi connectivity index (χ3v) is 7.57. The highest BCUT2D eigenvalue weighted by Gasteiger charge is 2.23. The Morgan fingerprint density at radius 1 is 0.818 bits per heavy atom. The van der Waals surface area contributed by atoms with Gasteiger partial charge in [0.15, 0.2) is 0 Å². The minimum Gasteiger partial charge on any atom is -0.310 e. The third-order valence-electron chi connectivity index (χ3n) is 7.57. The third kappa shape index (κ3) is 5.41. The van der Waals surface area contributed by atoms with Crippen molar-refractivity contribution >= 4 is 23.1 Å². The Bertz CT molecular complexity index is 1020. The molecule has 0 heterocycles. The van der Waals surface area contributed by atoms with E-state index in [2.05, 4.69) is 126 Å². The molecule has 1 heteroatoms. The van der Waals surface area contributed by atoms with Crippen LogP contribution in [0.4, 0.5) is 17.1 Å². The molecule has 33 heavy (non-hydrogen) atoms. The standard InChI is InChI=1S/C32H41N/c1-8-25-13-12-14-30(23-25)33(28-19-15-26(16-20-28)31(9-2)24(5)6)29-21-17-27(18-22-29)32(7,10-3)11-4/h8,12-24,31H,1,9-11H2,2-7H3/t31-/m0/s1. The minimum atomic E-state index is 0.222. The fourth-order valence-corrected chi connectivity index (χ4v) is 4.87. The highest BCUT2D eigenvalue weighted by atomic mass is 15.1. The van der Waals surface area contributed by atoms with Crippen LogP contribution in [0.1, 0.15) is 83.4 Å². The topological polar surface area (TPSA) is 3.24 Å². The maximum absolute atomic E-state index is 3.97. The summed E-state index contributed by atoms with van der Waals surface area (Å²) in [5.41, 5.74) is 7.69. The number of hydrogen-bond acceptors (Lipinski definition) is 1. The molecule has 0 amide bonds. The first-order valence-electron chi connectivity index (χ1n) is 12.6. The molecule has 0 aliphatic heterocycles. The van der Waals surface area contributed by atoms with Crippen LogP contribution < -0.4 is 4.90 Å². The van der Waals surface area contributed by atoms with Crippen LogP contribution in [-0.4, -0.2) is 0 Å². The molecule has 3 aromatic carbocycles. The molecule has 0 saturated carbocycles. The summed E-state index contributed by atoms with van der Waals surface area (Å²) in [6, 6.07) is 26.9. The quantitative estimate of drug-likeness (QED) is 0.304. The van der Waals surface area contributed by atoms with E-state index in [9.17, 15) is 0 Å². The van der Waals surface area contributed by atoms with E-state index in [1.165, 1.54) is 22.5 Å². The van der Waals surface area contributed by atoms with Crippen LogP contribution >= 0.6 is 0 Å². The van der Waals surface area contributed by atoms with E-state index in [0.29, 0.717) is 11.8 Å². The first-order valence-corrected chi connectivity index (χ1v) is 12.6. The molecule has 1 nitrogen and oxygen atoms in total. The lowest BCUT2D eigenvalue weighted by Gasteiger charge is -2.30. The van der Waals surface area contributed by atoms with Gasteiger partial charge in [-0.3, -0.25) is 0 Å². The lowest BCUT2D eigenvalue weighted by Crippen LogP contribution is -2.19. The molecule has 0 unspecified atom stereocenters. The number of rotatable bonds is 10. The van der Waals surface area contributed by atoms with Crippen LogP contribution in [0.5, 0.6) is 0 Å². The van der Waals surface area contributed by atoms with Gasteiger partial charge in [-0.2, -0.15) is 0 Å². The van der Waals surface area contributed by atoms with Gasteiger partial charge in [-0.25, -0.2) is 0 Å². The number of nitrogens with zero attached hydrogens (tertiary/aromatic N) is 1. The van der Waals surface area contributed by atoms with Gasteiger partial charge < -0.3 is 4.90 Å². The van der Waals surface area contributed by atoms with Gasteiger partial charge in [0.25, 0.3) is 0 Å². The van der Waals surface area contributed by atoms with E-state index in [1.54, 1.807) is 0 Å². The predicted octanol–water partition coefficient (Wildman–Crippen LogP) is 10.0. The molecular formula is C32H41N. The zero-order valence-electron chi connectivity index (χ0n) is 21.4. The number of hydrogen-bond donors (Lipinski definition) is 0. The van der Waals surface area contributed by atoms with Gasteiger partial charge in [-0.15, -0.1) is 0 Å². The van der Waals surface area contributed by atoms with Crippen molar-refractivity contribution in [3.63, 3.8) is 0 Å². The largest absolute Gasteiger partial charge is 0.310 e. The second-order valence-electron chi connectivity index (χ2n) is 9.80. The van der Waals surface area contributed by atoms with E-state index in [-0.39, 0.29) is 5.41 Å². The predicted molar refractivity (Wildman–Crippen MR) is 147 cm³/mol. The Balaban J connectivity index is 2.07. The molecule has 1 atom stereocenters. The average Bonchev–Trinajstić information content (AvgIpc) is 2.85. The maximum Gasteiger partial charge on any atom is 0.0467 e. The maximum atomic E-state index is 3.97. The number of benzene rings is 3. The van der Waals surface area contributed by atoms with Crippen molar-refractivity contribution < 1.29 is 0 Å². The van der Waals surface area contributed by atoms with Crippen molar-refractivity contribution in [3.8, 4) is 0 Å². The van der Waals surface area contributed by atoms with E-state index in [0.717, 1.165) is 30.5 Å². The van der Waals surface area contributed by atoms with Crippen LogP contribution in [0.2, 0.25) is 0 Å². The Morgan fingerprint density at radius 3 is 1.88 bits per heavy atom. The van der Waals surface area contributed by atoms with Gasteiger partial charge in [0.05, 0.1) is 0 Å². The van der Waals surface area contributed by atoms with Gasteiger partial charge >= 0.3 is 0 Å².